The van der Waals surface area contributed by atoms with Crippen LogP contribution in [0.15, 0.2) is 54.7 Å². The normalized spacial score (nSPS) is 17.0. The molecule has 1 aliphatic rings. The van der Waals surface area contributed by atoms with E-state index in [0.29, 0.717) is 11.3 Å². The molecule has 0 radical (unpaired) electrons. The van der Waals surface area contributed by atoms with E-state index < -0.39 is 4.92 Å². The minimum absolute atomic E-state index is 0.00169. The van der Waals surface area contributed by atoms with Gasteiger partial charge in [-0.15, -0.1) is 0 Å². The zero-order valence-electron chi connectivity index (χ0n) is 16.9. The smallest absolute Gasteiger partial charge is 0.270 e. The molecule has 4 rings (SSSR count). The summed E-state index contributed by atoms with van der Waals surface area (Å²) in [4.78, 5) is 25.7. The summed E-state index contributed by atoms with van der Waals surface area (Å²) in [5, 5.41) is 15.8. The third-order valence-corrected chi connectivity index (χ3v) is 5.68. The fourth-order valence-corrected chi connectivity index (χ4v) is 4.13. The number of nitro groups is 1. The van der Waals surface area contributed by atoms with Crippen LogP contribution in [0.1, 0.15) is 38.2 Å². The van der Waals surface area contributed by atoms with E-state index in [0.717, 1.165) is 43.3 Å². The van der Waals surface area contributed by atoms with Gasteiger partial charge in [-0.25, -0.2) is 4.52 Å². The van der Waals surface area contributed by atoms with Gasteiger partial charge >= 0.3 is 0 Å². The van der Waals surface area contributed by atoms with Crippen LogP contribution in [0.5, 0.6) is 0 Å². The lowest BCUT2D eigenvalue weighted by molar-refractivity contribution is -0.384. The van der Waals surface area contributed by atoms with Gasteiger partial charge < -0.3 is 4.90 Å². The van der Waals surface area contributed by atoms with Gasteiger partial charge in [0.2, 0.25) is 5.91 Å². The summed E-state index contributed by atoms with van der Waals surface area (Å²) >= 11 is 0. The second-order valence-corrected chi connectivity index (χ2v) is 7.52. The maximum Gasteiger partial charge on any atom is 0.270 e. The zero-order valence-corrected chi connectivity index (χ0v) is 16.9. The molecule has 2 aromatic heterocycles. The molecule has 0 aliphatic carbocycles. The third-order valence-electron chi connectivity index (χ3n) is 5.68. The highest BCUT2D eigenvalue weighted by Crippen LogP contribution is 2.30. The summed E-state index contributed by atoms with van der Waals surface area (Å²) in [6.45, 7) is 2.90. The van der Waals surface area contributed by atoms with E-state index in [1.54, 1.807) is 28.8 Å². The van der Waals surface area contributed by atoms with E-state index in [2.05, 4.69) is 12.0 Å². The highest BCUT2D eigenvalue weighted by Gasteiger charge is 2.24. The van der Waals surface area contributed by atoms with E-state index in [1.165, 1.54) is 12.1 Å². The Morgan fingerprint density at radius 1 is 1.27 bits per heavy atom. The predicted octanol–water partition coefficient (Wildman–Crippen LogP) is 4.71. The number of nitro benzene ring substituents is 1. The van der Waals surface area contributed by atoms with Crippen LogP contribution in [0.3, 0.4) is 0 Å². The maximum atomic E-state index is 12.9. The zero-order chi connectivity index (χ0) is 21.1. The molecule has 0 spiro atoms. The van der Waals surface area contributed by atoms with E-state index in [4.69, 9.17) is 0 Å². The molecular formula is C23H24N4O3. The number of nitrogens with zero attached hydrogens (tertiary/aromatic N) is 4. The summed E-state index contributed by atoms with van der Waals surface area (Å²) in [7, 11) is 0. The van der Waals surface area contributed by atoms with Crippen molar-refractivity contribution in [2.45, 2.75) is 38.6 Å². The van der Waals surface area contributed by atoms with Crippen LogP contribution in [0.25, 0.3) is 22.9 Å². The molecule has 1 saturated heterocycles. The first-order chi connectivity index (χ1) is 14.6. The minimum Gasteiger partial charge on any atom is -0.336 e. The fourth-order valence-electron chi connectivity index (χ4n) is 4.13. The maximum absolute atomic E-state index is 12.9. The highest BCUT2D eigenvalue weighted by atomic mass is 16.6. The third kappa shape index (κ3) is 3.83. The van der Waals surface area contributed by atoms with Crippen molar-refractivity contribution in [2.24, 2.45) is 0 Å². The van der Waals surface area contributed by atoms with Gasteiger partial charge in [0.25, 0.3) is 5.69 Å². The molecule has 0 saturated carbocycles. The van der Waals surface area contributed by atoms with Gasteiger partial charge in [0.1, 0.15) is 5.69 Å². The molecule has 7 nitrogen and oxygen atoms in total. The lowest BCUT2D eigenvalue weighted by Gasteiger charge is -2.34. The summed E-state index contributed by atoms with van der Waals surface area (Å²) < 4.78 is 1.73. The van der Waals surface area contributed by atoms with Crippen LogP contribution >= 0.6 is 0 Å². The van der Waals surface area contributed by atoms with Crippen molar-refractivity contribution in [3.05, 3.63) is 70.4 Å². The molecule has 1 fully saturated rings. The highest BCUT2D eigenvalue weighted by molar-refractivity contribution is 5.95. The van der Waals surface area contributed by atoms with Crippen molar-refractivity contribution in [3.8, 4) is 11.3 Å². The van der Waals surface area contributed by atoms with E-state index in [9.17, 15) is 14.9 Å². The van der Waals surface area contributed by atoms with Gasteiger partial charge in [0.05, 0.1) is 10.4 Å². The Labute approximate surface area is 174 Å². The van der Waals surface area contributed by atoms with Gasteiger partial charge in [-0.1, -0.05) is 25.1 Å². The molecule has 30 heavy (non-hydrogen) atoms. The molecule has 0 bridgehead atoms. The van der Waals surface area contributed by atoms with Crippen LogP contribution in [-0.2, 0) is 4.79 Å². The second kappa shape index (κ2) is 8.49. The van der Waals surface area contributed by atoms with Crippen molar-refractivity contribution in [3.63, 3.8) is 0 Å². The van der Waals surface area contributed by atoms with Gasteiger partial charge in [-0.2, -0.15) is 5.10 Å². The molecule has 7 heteroatoms. The number of aromatic nitrogens is 2. The number of carbonyl (C=O) groups is 1. The second-order valence-electron chi connectivity index (χ2n) is 7.52. The number of rotatable bonds is 5. The van der Waals surface area contributed by atoms with E-state index >= 15 is 0 Å². The van der Waals surface area contributed by atoms with E-state index in [-0.39, 0.29) is 17.6 Å². The van der Waals surface area contributed by atoms with Gasteiger partial charge in [-0.05, 0) is 43.9 Å². The number of pyridine rings is 1. The standard InChI is InChI=1S/C23H24N4O3/c1-2-18-9-3-5-14-25(18)22(28)13-12-20-21-11-4-6-15-26(21)24-23(20)17-8-7-10-19(16-17)27(29)30/h4,6-8,10-13,15-16,18H,2-3,5,9,14H2,1H3/b13-12+. The summed E-state index contributed by atoms with van der Waals surface area (Å²) in [5.74, 6) is 0.00169. The van der Waals surface area contributed by atoms with Gasteiger partial charge in [-0.3, -0.25) is 14.9 Å². The average molecular weight is 404 g/mol. The molecule has 1 aromatic carbocycles. The SMILES string of the molecule is CCC1CCCCN1C(=O)/C=C/c1c(-c2cccc([N+](=O)[O-])c2)nn2ccccc12. The lowest BCUT2D eigenvalue weighted by atomic mass is 9.99. The molecule has 1 aliphatic heterocycles. The predicted molar refractivity (Wildman–Crippen MR) is 116 cm³/mol. The van der Waals surface area contributed by atoms with Crippen LogP contribution in [0.4, 0.5) is 5.69 Å². The molecule has 3 aromatic rings. The van der Waals surface area contributed by atoms with E-state index in [1.807, 2.05) is 29.3 Å². The van der Waals surface area contributed by atoms with Crippen molar-refractivity contribution >= 4 is 23.2 Å². The molecule has 1 amide bonds. The number of fused-ring (bicyclic) bond motifs is 1. The Bertz CT molecular complexity index is 1120. The van der Waals surface area contributed by atoms with Crippen LogP contribution in [0.2, 0.25) is 0 Å². The molecule has 1 unspecified atom stereocenters. The summed E-state index contributed by atoms with van der Waals surface area (Å²) in [6, 6.07) is 12.4. The molecule has 3 heterocycles. The Kier molecular flexibility index (Phi) is 5.61. The number of non-ortho nitro benzene ring substituents is 1. The number of likely N-dealkylation sites (tertiary alicyclic amines) is 1. The Hall–Kier alpha value is -3.48. The monoisotopic (exact) mass is 404 g/mol. The van der Waals surface area contributed by atoms with Crippen LogP contribution in [-0.4, -0.2) is 37.9 Å². The number of piperidine rings is 1. The summed E-state index contributed by atoms with van der Waals surface area (Å²) in [5.41, 5.74) is 2.88. The van der Waals surface area contributed by atoms with Crippen molar-refractivity contribution in [1.82, 2.24) is 14.5 Å². The Morgan fingerprint density at radius 3 is 2.93 bits per heavy atom. The van der Waals surface area contributed by atoms with Crippen molar-refractivity contribution in [1.29, 1.82) is 0 Å². The number of amides is 1. The Balaban J connectivity index is 1.74. The first-order valence-corrected chi connectivity index (χ1v) is 10.3. The van der Waals surface area contributed by atoms with Crippen LogP contribution in [0, 0.1) is 10.1 Å². The summed E-state index contributed by atoms with van der Waals surface area (Å²) in [6.07, 6.45) is 9.43. The molecule has 154 valence electrons. The quantitative estimate of drug-likeness (QED) is 0.350. The lowest BCUT2D eigenvalue weighted by Crippen LogP contribution is -2.42. The topological polar surface area (TPSA) is 80.8 Å². The number of benzene rings is 1. The molecule has 1 atom stereocenters. The van der Waals surface area contributed by atoms with Crippen LogP contribution < -0.4 is 0 Å². The number of carbonyl (C=O) groups excluding carboxylic acids is 1. The average Bonchev–Trinajstić information content (AvgIpc) is 3.16. The van der Waals surface area contributed by atoms with Gasteiger partial charge in [0, 0.05) is 48.1 Å². The number of hydrogen-bond acceptors (Lipinski definition) is 4. The number of hydrogen-bond donors (Lipinski definition) is 0. The fraction of sp³-hybridized carbons (Fsp3) is 0.304. The minimum atomic E-state index is -0.417. The Morgan fingerprint density at radius 2 is 2.13 bits per heavy atom. The molecular weight excluding hydrogens is 380 g/mol. The van der Waals surface area contributed by atoms with Crippen molar-refractivity contribution < 1.29 is 9.72 Å². The first kappa shape index (κ1) is 19.8. The van der Waals surface area contributed by atoms with Crippen molar-refractivity contribution in [2.75, 3.05) is 6.54 Å². The largest absolute Gasteiger partial charge is 0.336 e. The first-order valence-electron chi connectivity index (χ1n) is 10.3. The molecule has 0 N–H and O–H groups in total. The van der Waals surface area contributed by atoms with Gasteiger partial charge in [0.15, 0.2) is 0 Å².